The molecule has 1 N–H and O–H groups in total. The SMILES string of the molecule is CCN1CCCC(Nc2nc(-c3ccc(OC)c(OC)c3)nc(C(Cl)(Cl)Cl)n2)C1. The van der Waals surface area contributed by atoms with E-state index in [1.807, 2.05) is 6.07 Å². The molecule has 0 saturated carbocycles. The number of aromatic nitrogens is 3. The normalized spacial score (nSPS) is 17.8. The Labute approximate surface area is 185 Å². The zero-order valence-electron chi connectivity index (χ0n) is 16.6. The van der Waals surface area contributed by atoms with Crippen molar-refractivity contribution in [1.82, 2.24) is 19.9 Å². The van der Waals surface area contributed by atoms with Crippen LogP contribution in [0.2, 0.25) is 0 Å². The highest BCUT2D eigenvalue weighted by Crippen LogP contribution is 2.38. The minimum absolute atomic E-state index is 0.0629. The summed E-state index contributed by atoms with van der Waals surface area (Å²) < 4.78 is 8.90. The van der Waals surface area contributed by atoms with Gasteiger partial charge in [-0.2, -0.15) is 9.97 Å². The van der Waals surface area contributed by atoms with Crippen LogP contribution in [-0.4, -0.2) is 59.7 Å². The Kier molecular flexibility index (Phi) is 7.27. The molecule has 0 bridgehead atoms. The van der Waals surface area contributed by atoms with Crippen molar-refractivity contribution >= 4 is 40.8 Å². The zero-order chi connectivity index (χ0) is 21.0. The van der Waals surface area contributed by atoms with Crippen LogP contribution >= 0.6 is 34.8 Å². The zero-order valence-corrected chi connectivity index (χ0v) is 18.9. The number of rotatable bonds is 6. The van der Waals surface area contributed by atoms with Crippen LogP contribution in [0.3, 0.4) is 0 Å². The maximum Gasteiger partial charge on any atom is 0.250 e. The van der Waals surface area contributed by atoms with Gasteiger partial charge in [0.1, 0.15) is 0 Å². The topological polar surface area (TPSA) is 72.4 Å². The number of likely N-dealkylation sites (tertiary alicyclic amines) is 1. The Hall–Kier alpha value is -1.54. The van der Waals surface area contributed by atoms with Crippen molar-refractivity contribution in [3.05, 3.63) is 24.0 Å². The minimum Gasteiger partial charge on any atom is -0.493 e. The van der Waals surface area contributed by atoms with Crippen LogP contribution in [0.15, 0.2) is 18.2 Å². The average molecular weight is 461 g/mol. The molecule has 1 atom stereocenters. The van der Waals surface area contributed by atoms with Crippen molar-refractivity contribution in [2.24, 2.45) is 0 Å². The van der Waals surface area contributed by atoms with Crippen molar-refractivity contribution in [3.8, 4) is 22.9 Å². The van der Waals surface area contributed by atoms with Gasteiger partial charge in [0.05, 0.1) is 14.2 Å². The van der Waals surface area contributed by atoms with E-state index in [9.17, 15) is 0 Å². The predicted octanol–water partition coefficient (Wildman–Crippen LogP) is 4.28. The van der Waals surface area contributed by atoms with Gasteiger partial charge in [-0.3, -0.25) is 0 Å². The molecule has 1 fully saturated rings. The molecule has 1 aromatic heterocycles. The molecule has 1 aromatic carbocycles. The number of ether oxygens (including phenoxy) is 2. The van der Waals surface area contributed by atoms with Crippen LogP contribution in [0, 0.1) is 0 Å². The fourth-order valence-corrected chi connectivity index (χ4v) is 3.57. The van der Waals surface area contributed by atoms with Gasteiger partial charge < -0.3 is 19.7 Å². The number of anilines is 1. The van der Waals surface area contributed by atoms with E-state index in [1.165, 1.54) is 0 Å². The van der Waals surface area contributed by atoms with E-state index in [0.717, 1.165) is 32.5 Å². The molecule has 1 unspecified atom stereocenters. The molecule has 158 valence electrons. The molecule has 0 spiro atoms. The Balaban J connectivity index is 1.96. The lowest BCUT2D eigenvalue weighted by molar-refractivity contribution is 0.226. The van der Waals surface area contributed by atoms with E-state index in [1.54, 1.807) is 26.4 Å². The number of methoxy groups -OCH3 is 2. The summed E-state index contributed by atoms with van der Waals surface area (Å²) >= 11 is 18.2. The van der Waals surface area contributed by atoms with Gasteiger partial charge in [0.25, 0.3) is 0 Å². The number of piperidine rings is 1. The fourth-order valence-electron chi connectivity index (χ4n) is 3.31. The number of alkyl halides is 3. The minimum atomic E-state index is -1.77. The molecule has 2 heterocycles. The number of nitrogens with one attached hydrogen (secondary N) is 1. The highest BCUT2D eigenvalue weighted by Gasteiger charge is 2.29. The molecule has 3 rings (SSSR count). The molecule has 0 aliphatic carbocycles. The summed E-state index contributed by atoms with van der Waals surface area (Å²) in [5.41, 5.74) is 0.697. The monoisotopic (exact) mass is 459 g/mol. The van der Waals surface area contributed by atoms with E-state index >= 15 is 0 Å². The van der Waals surface area contributed by atoms with Crippen molar-refractivity contribution in [2.75, 3.05) is 39.2 Å². The molecular weight excluding hydrogens is 437 g/mol. The summed E-state index contributed by atoms with van der Waals surface area (Å²) in [5.74, 6) is 1.99. The predicted molar refractivity (Wildman–Crippen MR) is 116 cm³/mol. The number of halogens is 3. The van der Waals surface area contributed by atoms with Gasteiger partial charge in [-0.15, -0.1) is 0 Å². The Morgan fingerprint density at radius 1 is 1.14 bits per heavy atom. The van der Waals surface area contributed by atoms with Crippen molar-refractivity contribution in [3.63, 3.8) is 0 Å². The molecule has 29 heavy (non-hydrogen) atoms. The van der Waals surface area contributed by atoms with Gasteiger partial charge in [0, 0.05) is 18.2 Å². The number of hydrogen-bond acceptors (Lipinski definition) is 7. The third kappa shape index (κ3) is 5.54. The molecule has 7 nitrogen and oxygen atoms in total. The summed E-state index contributed by atoms with van der Waals surface area (Å²) in [5, 5.41) is 3.38. The standard InChI is InChI=1S/C19H24Cl3N5O2/c1-4-27-9-5-6-13(11-27)23-18-25-16(24-17(26-18)19(20,21)22)12-7-8-14(28-2)15(10-12)29-3/h7-8,10,13H,4-6,9,11H2,1-3H3,(H,23,24,25,26). The second-order valence-electron chi connectivity index (χ2n) is 6.75. The van der Waals surface area contributed by atoms with E-state index in [0.29, 0.717) is 28.8 Å². The summed E-state index contributed by atoms with van der Waals surface area (Å²) in [6, 6.07) is 5.59. The number of nitrogens with zero attached hydrogens (tertiary/aromatic N) is 4. The van der Waals surface area contributed by atoms with E-state index in [4.69, 9.17) is 44.3 Å². The molecule has 1 aliphatic heterocycles. The van der Waals surface area contributed by atoms with Gasteiger partial charge in [0.15, 0.2) is 23.1 Å². The van der Waals surface area contributed by atoms with Gasteiger partial charge in [-0.05, 0) is 44.1 Å². The van der Waals surface area contributed by atoms with Gasteiger partial charge in [-0.25, -0.2) is 4.98 Å². The van der Waals surface area contributed by atoms with Crippen molar-refractivity contribution in [1.29, 1.82) is 0 Å². The van der Waals surface area contributed by atoms with Gasteiger partial charge >= 0.3 is 0 Å². The summed E-state index contributed by atoms with van der Waals surface area (Å²) in [6.07, 6.45) is 2.13. The summed E-state index contributed by atoms with van der Waals surface area (Å²) in [4.78, 5) is 15.7. The highest BCUT2D eigenvalue weighted by molar-refractivity contribution is 6.66. The largest absolute Gasteiger partial charge is 0.493 e. The smallest absolute Gasteiger partial charge is 0.250 e. The molecule has 1 saturated heterocycles. The Morgan fingerprint density at radius 3 is 2.55 bits per heavy atom. The summed E-state index contributed by atoms with van der Waals surface area (Å²) in [6.45, 7) is 5.17. The second-order valence-corrected chi connectivity index (χ2v) is 9.03. The molecule has 1 aliphatic rings. The lowest BCUT2D eigenvalue weighted by Gasteiger charge is -2.32. The molecular formula is C19H24Cl3N5O2. The Morgan fingerprint density at radius 2 is 1.90 bits per heavy atom. The highest BCUT2D eigenvalue weighted by atomic mass is 35.6. The van der Waals surface area contributed by atoms with Crippen LogP contribution < -0.4 is 14.8 Å². The van der Waals surface area contributed by atoms with Crippen molar-refractivity contribution in [2.45, 2.75) is 29.6 Å². The first-order valence-corrected chi connectivity index (χ1v) is 10.5. The van der Waals surface area contributed by atoms with Crippen molar-refractivity contribution < 1.29 is 9.47 Å². The quantitative estimate of drug-likeness (QED) is 0.645. The number of hydrogen-bond donors (Lipinski definition) is 1. The first kappa shape index (κ1) is 22.2. The number of likely N-dealkylation sites (N-methyl/N-ethyl adjacent to an activating group) is 1. The molecule has 0 radical (unpaired) electrons. The van der Waals surface area contributed by atoms with Crippen LogP contribution in [-0.2, 0) is 3.79 Å². The first-order valence-electron chi connectivity index (χ1n) is 9.38. The first-order chi connectivity index (χ1) is 13.8. The lowest BCUT2D eigenvalue weighted by atomic mass is 10.1. The lowest BCUT2D eigenvalue weighted by Crippen LogP contribution is -2.42. The van der Waals surface area contributed by atoms with Crippen LogP contribution in [0.1, 0.15) is 25.6 Å². The van der Waals surface area contributed by atoms with Gasteiger partial charge in [-0.1, -0.05) is 41.7 Å². The second kappa shape index (κ2) is 9.51. The average Bonchev–Trinajstić information content (AvgIpc) is 2.72. The maximum atomic E-state index is 6.08. The van der Waals surface area contributed by atoms with Crippen LogP contribution in [0.5, 0.6) is 11.5 Å². The fraction of sp³-hybridized carbons (Fsp3) is 0.526. The van der Waals surface area contributed by atoms with E-state index in [-0.39, 0.29) is 11.9 Å². The summed E-state index contributed by atoms with van der Waals surface area (Å²) in [7, 11) is 3.14. The molecule has 0 amide bonds. The third-order valence-corrected chi connectivity index (χ3v) is 5.32. The number of benzene rings is 1. The molecule has 10 heteroatoms. The van der Waals surface area contributed by atoms with Crippen LogP contribution in [0.25, 0.3) is 11.4 Å². The van der Waals surface area contributed by atoms with E-state index in [2.05, 4.69) is 32.1 Å². The van der Waals surface area contributed by atoms with Gasteiger partial charge in [0.2, 0.25) is 9.74 Å². The van der Waals surface area contributed by atoms with Crippen LogP contribution in [0.4, 0.5) is 5.95 Å². The maximum absolute atomic E-state index is 6.08. The Bertz CT molecular complexity index is 847. The van der Waals surface area contributed by atoms with E-state index < -0.39 is 3.79 Å². The molecule has 2 aromatic rings. The third-order valence-electron chi connectivity index (χ3n) is 4.82.